The molecule has 1 amide bonds. The molecule has 0 saturated carbocycles. The number of hydrogen-bond donors (Lipinski definition) is 0. The van der Waals surface area contributed by atoms with Crippen molar-refractivity contribution in [3.63, 3.8) is 0 Å². The number of anilines is 1. The number of aromatic nitrogens is 1. The first-order valence-corrected chi connectivity index (χ1v) is 10.1. The molecule has 148 valence electrons. The number of likely N-dealkylation sites (tertiary alicyclic amines) is 1. The maximum Gasteiger partial charge on any atom is 0.226 e. The van der Waals surface area contributed by atoms with Crippen molar-refractivity contribution in [3.05, 3.63) is 36.2 Å². The molecule has 4 heteroatoms. The Morgan fingerprint density at radius 1 is 1.30 bits per heavy atom. The topological polar surface area (TPSA) is 36.4 Å². The molecule has 0 radical (unpaired) electrons. The quantitative estimate of drug-likeness (QED) is 0.708. The Balaban J connectivity index is 0.000000254. The third kappa shape index (κ3) is 6.75. The Labute approximate surface area is 165 Å². The Bertz CT molecular complexity index is 637. The van der Waals surface area contributed by atoms with Crippen LogP contribution in [-0.4, -0.2) is 35.4 Å². The van der Waals surface area contributed by atoms with Crippen LogP contribution in [0.4, 0.5) is 5.82 Å². The lowest BCUT2D eigenvalue weighted by Gasteiger charge is -2.16. The van der Waals surface area contributed by atoms with E-state index in [1.165, 1.54) is 6.42 Å². The monoisotopic (exact) mass is 369 g/mol. The smallest absolute Gasteiger partial charge is 0.226 e. The molecule has 0 bridgehead atoms. The first kappa shape index (κ1) is 22.8. The Kier molecular flexibility index (Phi) is 9.64. The van der Waals surface area contributed by atoms with Crippen molar-refractivity contribution >= 4 is 11.7 Å². The van der Waals surface area contributed by atoms with Gasteiger partial charge in [0.15, 0.2) is 0 Å². The molecule has 2 unspecified atom stereocenters. The average Bonchev–Trinajstić information content (AvgIpc) is 3.28. The van der Waals surface area contributed by atoms with Crippen molar-refractivity contribution in [1.29, 1.82) is 0 Å². The maximum absolute atomic E-state index is 11.2. The minimum atomic E-state index is 0.208. The molecule has 0 aromatic carbocycles. The van der Waals surface area contributed by atoms with Crippen molar-refractivity contribution in [1.82, 2.24) is 9.88 Å². The van der Waals surface area contributed by atoms with E-state index in [4.69, 9.17) is 6.42 Å². The van der Waals surface area contributed by atoms with Crippen LogP contribution in [0.15, 0.2) is 30.6 Å². The lowest BCUT2D eigenvalue weighted by molar-refractivity contribution is -0.128. The van der Waals surface area contributed by atoms with Crippen LogP contribution >= 0.6 is 0 Å². The largest absolute Gasteiger partial charge is 0.356 e. The second kappa shape index (κ2) is 11.4. The summed E-state index contributed by atoms with van der Waals surface area (Å²) < 4.78 is 0. The summed E-state index contributed by atoms with van der Waals surface area (Å²) in [6.45, 7) is 17.3. The summed E-state index contributed by atoms with van der Waals surface area (Å²) in [7, 11) is 0. The fourth-order valence-electron chi connectivity index (χ4n) is 3.29. The number of nitrogens with zero attached hydrogens (tertiary/aromatic N) is 3. The van der Waals surface area contributed by atoms with Gasteiger partial charge in [-0.15, -0.1) is 6.42 Å². The second-order valence-electron chi connectivity index (χ2n) is 7.12. The zero-order valence-corrected chi connectivity index (χ0v) is 17.7. The van der Waals surface area contributed by atoms with Gasteiger partial charge in [-0.1, -0.05) is 47.1 Å². The van der Waals surface area contributed by atoms with Gasteiger partial charge >= 0.3 is 0 Å². The van der Waals surface area contributed by atoms with E-state index in [-0.39, 0.29) is 5.91 Å². The van der Waals surface area contributed by atoms with Crippen LogP contribution in [0, 0.1) is 24.2 Å². The summed E-state index contributed by atoms with van der Waals surface area (Å²) in [5, 5.41) is 0. The predicted molar refractivity (Wildman–Crippen MR) is 114 cm³/mol. The fraction of sp³-hybridized carbons (Fsp3) is 0.565. The van der Waals surface area contributed by atoms with Gasteiger partial charge in [0.05, 0.1) is 0 Å². The van der Waals surface area contributed by atoms with Crippen molar-refractivity contribution in [2.75, 3.05) is 24.5 Å². The van der Waals surface area contributed by atoms with Gasteiger partial charge < -0.3 is 9.80 Å². The van der Waals surface area contributed by atoms with E-state index in [0.29, 0.717) is 12.3 Å². The fourth-order valence-corrected chi connectivity index (χ4v) is 3.29. The molecule has 2 fully saturated rings. The number of pyridine rings is 1. The van der Waals surface area contributed by atoms with Crippen LogP contribution in [0.3, 0.4) is 0 Å². The number of carbonyl (C=O) groups is 1. The SMILES string of the molecule is C#Cc1ccc(N2CCC(C)C2)nc1.C=C1CC(C)CN1C(=O)CC.CC. The highest BCUT2D eigenvalue weighted by Gasteiger charge is 2.25. The third-order valence-electron chi connectivity index (χ3n) is 4.73. The molecular formula is C23H35N3O. The van der Waals surface area contributed by atoms with E-state index in [9.17, 15) is 4.79 Å². The molecule has 0 aliphatic carbocycles. The van der Waals surface area contributed by atoms with Crippen LogP contribution in [0.1, 0.15) is 59.4 Å². The van der Waals surface area contributed by atoms with Crippen LogP contribution < -0.4 is 4.90 Å². The summed E-state index contributed by atoms with van der Waals surface area (Å²) in [5.74, 6) is 5.21. The molecule has 1 aromatic rings. The van der Waals surface area contributed by atoms with Crippen molar-refractivity contribution < 1.29 is 4.79 Å². The van der Waals surface area contributed by atoms with Gasteiger partial charge in [0.2, 0.25) is 5.91 Å². The van der Waals surface area contributed by atoms with Crippen LogP contribution in [-0.2, 0) is 4.79 Å². The number of allylic oxidation sites excluding steroid dienone is 1. The number of carbonyl (C=O) groups excluding carboxylic acids is 1. The summed E-state index contributed by atoms with van der Waals surface area (Å²) >= 11 is 0. The summed E-state index contributed by atoms with van der Waals surface area (Å²) in [5.41, 5.74) is 1.84. The highest BCUT2D eigenvalue weighted by atomic mass is 16.2. The highest BCUT2D eigenvalue weighted by Crippen LogP contribution is 2.24. The summed E-state index contributed by atoms with van der Waals surface area (Å²) in [6.07, 6.45) is 9.86. The van der Waals surface area contributed by atoms with Gasteiger partial charge in [-0.05, 0) is 36.8 Å². The molecule has 0 N–H and O–H groups in total. The molecule has 2 atom stereocenters. The van der Waals surface area contributed by atoms with Gasteiger partial charge in [-0.2, -0.15) is 0 Å². The Hall–Kier alpha value is -2.28. The van der Waals surface area contributed by atoms with Crippen LogP contribution in [0.5, 0.6) is 0 Å². The van der Waals surface area contributed by atoms with E-state index in [0.717, 1.165) is 49.1 Å². The second-order valence-corrected chi connectivity index (χ2v) is 7.12. The minimum absolute atomic E-state index is 0.208. The number of amides is 1. The van der Waals surface area contributed by atoms with E-state index < -0.39 is 0 Å². The number of hydrogen-bond acceptors (Lipinski definition) is 3. The van der Waals surface area contributed by atoms with Gasteiger partial charge in [-0.3, -0.25) is 4.79 Å². The molecular weight excluding hydrogens is 334 g/mol. The third-order valence-corrected chi connectivity index (χ3v) is 4.73. The van der Waals surface area contributed by atoms with Crippen molar-refractivity contribution in [2.24, 2.45) is 11.8 Å². The van der Waals surface area contributed by atoms with Crippen LogP contribution in [0.25, 0.3) is 0 Å². The van der Waals surface area contributed by atoms with Gasteiger partial charge in [0.25, 0.3) is 0 Å². The van der Waals surface area contributed by atoms with Gasteiger partial charge in [0, 0.05) is 43.5 Å². The van der Waals surface area contributed by atoms with E-state index in [1.54, 1.807) is 6.20 Å². The molecule has 0 spiro atoms. The van der Waals surface area contributed by atoms with E-state index >= 15 is 0 Å². The first-order chi connectivity index (χ1) is 12.9. The van der Waals surface area contributed by atoms with Crippen molar-refractivity contribution in [2.45, 2.75) is 53.9 Å². The Morgan fingerprint density at radius 3 is 2.41 bits per heavy atom. The van der Waals surface area contributed by atoms with E-state index in [2.05, 4.69) is 36.2 Å². The lowest BCUT2D eigenvalue weighted by atomic mass is 10.1. The molecule has 2 saturated heterocycles. The summed E-state index contributed by atoms with van der Waals surface area (Å²) in [4.78, 5) is 19.7. The van der Waals surface area contributed by atoms with Gasteiger partial charge in [-0.25, -0.2) is 4.98 Å². The normalized spacial score (nSPS) is 21.0. The maximum atomic E-state index is 11.2. The minimum Gasteiger partial charge on any atom is -0.356 e. The van der Waals surface area contributed by atoms with Gasteiger partial charge in [0.1, 0.15) is 5.82 Å². The standard InChI is InChI=1S/C12H14N2.C9H15NO.C2H6/c1-3-11-4-5-12(13-8-11)14-7-6-10(2)9-14;1-4-9(11)10-6-7(2)5-8(10)3;1-2/h1,4-5,8,10H,6-7,9H2,2H3;7H,3-6H2,1-2H3;1-2H3. The van der Waals surface area contributed by atoms with Crippen molar-refractivity contribution in [3.8, 4) is 12.3 Å². The lowest BCUT2D eigenvalue weighted by Crippen LogP contribution is -2.25. The molecule has 3 heterocycles. The molecule has 1 aromatic heterocycles. The molecule has 2 aliphatic heterocycles. The number of terminal acetylenes is 1. The molecule has 4 nitrogen and oxygen atoms in total. The first-order valence-electron chi connectivity index (χ1n) is 10.1. The zero-order valence-electron chi connectivity index (χ0n) is 17.7. The molecule has 2 aliphatic rings. The Morgan fingerprint density at radius 2 is 2.00 bits per heavy atom. The average molecular weight is 370 g/mol. The number of rotatable bonds is 2. The highest BCUT2D eigenvalue weighted by molar-refractivity contribution is 5.78. The zero-order chi connectivity index (χ0) is 20.4. The molecule has 27 heavy (non-hydrogen) atoms. The summed E-state index contributed by atoms with van der Waals surface area (Å²) in [6, 6.07) is 3.96. The van der Waals surface area contributed by atoms with Crippen LogP contribution in [0.2, 0.25) is 0 Å². The predicted octanol–water partition coefficient (Wildman–Crippen LogP) is 4.71. The van der Waals surface area contributed by atoms with E-state index in [1.807, 2.05) is 37.8 Å². The molecule has 3 rings (SSSR count).